The van der Waals surface area contributed by atoms with Gasteiger partial charge in [0, 0.05) is 6.20 Å². The average Bonchev–Trinajstić information content (AvgIpc) is 3.01. The summed E-state index contributed by atoms with van der Waals surface area (Å²) >= 11 is 1.48. The lowest BCUT2D eigenvalue weighted by Crippen LogP contribution is -2.17. The summed E-state index contributed by atoms with van der Waals surface area (Å²) < 4.78 is 6.39. The fourth-order valence-electron chi connectivity index (χ4n) is 1.55. The number of hydrogen-bond donors (Lipinski definition) is 0. The van der Waals surface area contributed by atoms with Crippen LogP contribution in [0, 0.1) is 0 Å². The first-order valence-corrected chi connectivity index (χ1v) is 6.22. The number of rotatable bonds is 3. The molecule has 3 aromatic heterocycles. The molecule has 0 saturated heterocycles. The van der Waals surface area contributed by atoms with Crippen molar-refractivity contribution >= 4 is 11.3 Å². The van der Waals surface area contributed by atoms with Crippen LogP contribution in [0.1, 0.15) is 5.69 Å². The monoisotopic (exact) mass is 259 g/mol. The number of hydrogen-bond acceptors (Lipinski definition) is 5. The second kappa shape index (κ2) is 4.58. The largest absolute Gasteiger partial charge is 0.437 e. The van der Waals surface area contributed by atoms with E-state index in [4.69, 9.17) is 4.42 Å². The first-order valence-electron chi connectivity index (χ1n) is 5.35. The highest BCUT2D eigenvalue weighted by Gasteiger charge is 2.11. The normalized spacial score (nSPS) is 10.7. The third-order valence-corrected chi connectivity index (χ3v) is 3.23. The van der Waals surface area contributed by atoms with E-state index in [1.54, 1.807) is 6.20 Å². The molecule has 18 heavy (non-hydrogen) atoms. The standard InChI is InChI=1S/C12H9N3O2S/c16-12-15(8-9-4-1-2-6-13-9)14-11(17-12)10-5-3-7-18-10/h1-7H,8H2. The predicted octanol–water partition coefficient (Wildman–Crippen LogP) is 2.01. The Morgan fingerprint density at radius 3 is 2.94 bits per heavy atom. The van der Waals surface area contributed by atoms with Crippen molar-refractivity contribution in [3.8, 4) is 10.8 Å². The van der Waals surface area contributed by atoms with Gasteiger partial charge in [0.05, 0.1) is 17.1 Å². The van der Waals surface area contributed by atoms with Crippen LogP contribution in [0.25, 0.3) is 10.8 Å². The van der Waals surface area contributed by atoms with E-state index in [0.717, 1.165) is 10.6 Å². The molecule has 0 N–H and O–H groups in total. The summed E-state index contributed by atoms with van der Waals surface area (Å²) in [6, 6.07) is 9.28. The quantitative estimate of drug-likeness (QED) is 0.722. The molecule has 5 nitrogen and oxygen atoms in total. The molecule has 0 radical (unpaired) electrons. The van der Waals surface area contributed by atoms with Crippen LogP contribution in [0.4, 0.5) is 0 Å². The van der Waals surface area contributed by atoms with E-state index in [-0.39, 0.29) is 0 Å². The van der Waals surface area contributed by atoms with Gasteiger partial charge < -0.3 is 4.42 Å². The van der Waals surface area contributed by atoms with Crippen LogP contribution < -0.4 is 5.76 Å². The van der Waals surface area contributed by atoms with Gasteiger partial charge in [0.2, 0.25) is 0 Å². The number of thiophene rings is 1. The van der Waals surface area contributed by atoms with Crippen molar-refractivity contribution in [2.24, 2.45) is 0 Å². The maximum Gasteiger partial charge on any atom is 0.437 e. The molecule has 3 heterocycles. The highest BCUT2D eigenvalue weighted by Crippen LogP contribution is 2.21. The van der Waals surface area contributed by atoms with E-state index in [9.17, 15) is 4.79 Å². The molecule has 0 unspecified atom stereocenters. The van der Waals surface area contributed by atoms with Gasteiger partial charge in [-0.05, 0) is 23.6 Å². The van der Waals surface area contributed by atoms with Crippen LogP contribution in [0.5, 0.6) is 0 Å². The molecule has 0 aliphatic carbocycles. The molecule has 0 aromatic carbocycles. The Labute approximate surface area is 106 Å². The Kier molecular flexibility index (Phi) is 2.77. The smallest absolute Gasteiger partial charge is 0.387 e. The van der Waals surface area contributed by atoms with Gasteiger partial charge in [-0.25, -0.2) is 4.79 Å². The molecule has 90 valence electrons. The maximum atomic E-state index is 11.7. The molecule has 0 spiro atoms. The SMILES string of the molecule is O=c1oc(-c2cccs2)nn1Cc1ccccn1. The zero-order valence-electron chi connectivity index (χ0n) is 9.31. The lowest BCUT2D eigenvalue weighted by atomic mass is 10.3. The molecule has 3 aromatic rings. The zero-order chi connectivity index (χ0) is 12.4. The summed E-state index contributed by atoms with van der Waals surface area (Å²) in [4.78, 5) is 16.6. The maximum absolute atomic E-state index is 11.7. The van der Waals surface area contributed by atoms with E-state index in [1.165, 1.54) is 16.0 Å². The van der Waals surface area contributed by atoms with Crippen molar-refractivity contribution in [3.05, 3.63) is 58.2 Å². The van der Waals surface area contributed by atoms with Crippen LogP contribution in [-0.2, 0) is 6.54 Å². The number of nitrogens with zero attached hydrogens (tertiary/aromatic N) is 3. The first-order chi connectivity index (χ1) is 8.83. The Morgan fingerprint density at radius 1 is 1.28 bits per heavy atom. The molecule has 0 aliphatic rings. The van der Waals surface area contributed by atoms with Gasteiger partial charge in [-0.1, -0.05) is 12.1 Å². The molecule has 3 rings (SSSR count). The minimum atomic E-state index is -0.468. The lowest BCUT2D eigenvalue weighted by Gasteiger charge is -1.96. The summed E-state index contributed by atoms with van der Waals surface area (Å²) in [5, 5.41) is 6.07. The van der Waals surface area contributed by atoms with E-state index in [2.05, 4.69) is 10.1 Å². The van der Waals surface area contributed by atoms with Gasteiger partial charge in [-0.2, -0.15) is 4.68 Å². The fraction of sp³-hybridized carbons (Fsp3) is 0.0833. The third kappa shape index (κ3) is 2.10. The van der Waals surface area contributed by atoms with Crippen molar-refractivity contribution < 1.29 is 4.42 Å². The lowest BCUT2D eigenvalue weighted by molar-refractivity contribution is 0.494. The summed E-state index contributed by atoms with van der Waals surface area (Å²) in [6.45, 7) is 0.314. The van der Waals surface area contributed by atoms with Crippen LogP contribution in [0.3, 0.4) is 0 Å². The third-order valence-electron chi connectivity index (χ3n) is 2.38. The number of aromatic nitrogens is 3. The van der Waals surface area contributed by atoms with Gasteiger partial charge in [0.15, 0.2) is 0 Å². The minimum Gasteiger partial charge on any atom is -0.387 e. The summed E-state index contributed by atoms with van der Waals surface area (Å²) in [5.74, 6) is -0.116. The Hall–Kier alpha value is -2.21. The molecule has 0 bridgehead atoms. The molecule has 0 amide bonds. The highest BCUT2D eigenvalue weighted by atomic mass is 32.1. The molecule has 0 atom stereocenters. The molecule has 0 fully saturated rings. The van der Waals surface area contributed by atoms with E-state index < -0.39 is 5.76 Å². The molecular formula is C12H9N3O2S. The Balaban J connectivity index is 1.92. The van der Waals surface area contributed by atoms with Gasteiger partial charge in [-0.3, -0.25) is 4.98 Å². The van der Waals surface area contributed by atoms with Crippen LogP contribution in [0.15, 0.2) is 51.1 Å². The first kappa shape index (κ1) is 10.9. The minimum absolute atomic E-state index is 0.314. The molecule has 0 saturated carbocycles. The second-order valence-corrected chi connectivity index (χ2v) is 4.58. The van der Waals surface area contributed by atoms with Crippen molar-refractivity contribution in [1.82, 2.24) is 14.8 Å². The van der Waals surface area contributed by atoms with Crippen molar-refractivity contribution in [1.29, 1.82) is 0 Å². The summed E-state index contributed by atoms with van der Waals surface area (Å²) in [6.07, 6.45) is 1.68. The fourth-order valence-corrected chi connectivity index (χ4v) is 2.20. The Bertz CT molecular complexity index is 686. The van der Waals surface area contributed by atoms with E-state index in [0.29, 0.717) is 12.4 Å². The summed E-state index contributed by atoms with van der Waals surface area (Å²) in [5.41, 5.74) is 0.769. The molecule has 0 aliphatic heterocycles. The van der Waals surface area contributed by atoms with Gasteiger partial charge in [0.1, 0.15) is 0 Å². The number of pyridine rings is 1. The van der Waals surface area contributed by atoms with Gasteiger partial charge in [0.25, 0.3) is 5.89 Å². The zero-order valence-corrected chi connectivity index (χ0v) is 10.1. The van der Waals surface area contributed by atoms with Crippen LogP contribution in [0.2, 0.25) is 0 Å². The van der Waals surface area contributed by atoms with Crippen molar-refractivity contribution in [2.45, 2.75) is 6.54 Å². The van der Waals surface area contributed by atoms with Crippen molar-refractivity contribution in [3.63, 3.8) is 0 Å². The van der Waals surface area contributed by atoms with Crippen molar-refractivity contribution in [2.75, 3.05) is 0 Å². The van der Waals surface area contributed by atoms with Gasteiger partial charge in [-0.15, -0.1) is 16.4 Å². The van der Waals surface area contributed by atoms with E-state index in [1.807, 2.05) is 35.7 Å². The van der Waals surface area contributed by atoms with E-state index >= 15 is 0 Å². The van der Waals surface area contributed by atoms with Crippen LogP contribution >= 0.6 is 11.3 Å². The summed E-state index contributed by atoms with van der Waals surface area (Å²) in [7, 11) is 0. The highest BCUT2D eigenvalue weighted by molar-refractivity contribution is 7.13. The molecule has 6 heteroatoms. The average molecular weight is 259 g/mol. The van der Waals surface area contributed by atoms with Crippen LogP contribution in [-0.4, -0.2) is 14.8 Å². The Morgan fingerprint density at radius 2 is 2.22 bits per heavy atom. The molecular weight excluding hydrogens is 250 g/mol. The topological polar surface area (TPSA) is 60.9 Å². The predicted molar refractivity (Wildman–Crippen MR) is 67.4 cm³/mol. The second-order valence-electron chi connectivity index (χ2n) is 3.63. The van der Waals surface area contributed by atoms with Gasteiger partial charge >= 0.3 is 5.76 Å².